The normalized spacial score (nSPS) is 21.3. The lowest BCUT2D eigenvalue weighted by Gasteiger charge is -2.28. The molecule has 2 heterocycles. The lowest BCUT2D eigenvalue weighted by atomic mass is 9.95. The average Bonchev–Trinajstić information content (AvgIpc) is 2.92. The van der Waals surface area contributed by atoms with Crippen molar-refractivity contribution >= 4 is 11.4 Å². The van der Waals surface area contributed by atoms with Crippen molar-refractivity contribution in [1.82, 2.24) is 0 Å². The van der Waals surface area contributed by atoms with Crippen LogP contribution in [0.2, 0.25) is 0 Å². The molecule has 0 fully saturated rings. The Morgan fingerprint density at radius 1 is 0.471 bits per heavy atom. The maximum Gasteiger partial charge on any atom is 0.129 e. The van der Waals surface area contributed by atoms with Gasteiger partial charge >= 0.3 is 0 Å². The first-order valence-electron chi connectivity index (χ1n) is 11.6. The van der Waals surface area contributed by atoms with Crippen molar-refractivity contribution in [1.29, 1.82) is 0 Å². The van der Waals surface area contributed by atoms with Gasteiger partial charge in [0.25, 0.3) is 0 Å². The number of hydrogen-bond donors (Lipinski definition) is 0. The van der Waals surface area contributed by atoms with Crippen molar-refractivity contribution in [3.8, 4) is 11.5 Å². The molecule has 4 aromatic rings. The molecule has 4 aromatic carbocycles. The van der Waals surface area contributed by atoms with Gasteiger partial charge in [-0.1, -0.05) is 84.9 Å². The molecule has 4 heteroatoms. The number of benzene rings is 4. The fraction of sp³-hybridized carbons (Fsp3) is 0.133. The predicted molar refractivity (Wildman–Crippen MR) is 135 cm³/mol. The molecule has 0 saturated carbocycles. The van der Waals surface area contributed by atoms with Gasteiger partial charge in [0.2, 0.25) is 0 Å². The molecule has 0 aromatic heterocycles. The summed E-state index contributed by atoms with van der Waals surface area (Å²) in [6.07, 6.45) is 1.15. The second kappa shape index (κ2) is 8.99. The molecule has 2 aliphatic rings. The van der Waals surface area contributed by atoms with Crippen LogP contribution in [0.1, 0.15) is 47.3 Å². The molecule has 0 bridgehead atoms. The van der Waals surface area contributed by atoms with Crippen LogP contribution in [-0.4, -0.2) is 11.4 Å². The third-order valence-electron chi connectivity index (χ3n) is 6.33. The monoisotopic (exact) mass is 444 g/mol. The lowest BCUT2D eigenvalue weighted by Crippen LogP contribution is -2.22. The van der Waals surface area contributed by atoms with Crippen LogP contribution in [-0.2, 0) is 0 Å². The van der Waals surface area contributed by atoms with E-state index in [9.17, 15) is 0 Å². The molecular weight excluding hydrogens is 420 g/mol. The van der Waals surface area contributed by atoms with Crippen LogP contribution in [0, 0.1) is 0 Å². The first kappa shape index (κ1) is 20.4. The van der Waals surface area contributed by atoms with E-state index in [2.05, 4.69) is 36.4 Å². The summed E-state index contributed by atoms with van der Waals surface area (Å²) in [5.74, 6) is 1.69. The Balaban J connectivity index is 1.39. The van der Waals surface area contributed by atoms with E-state index in [0.29, 0.717) is 12.8 Å². The Morgan fingerprint density at radius 2 is 0.853 bits per heavy atom. The highest BCUT2D eigenvalue weighted by Crippen LogP contribution is 2.37. The molecular formula is C30H24N2O2. The van der Waals surface area contributed by atoms with E-state index >= 15 is 0 Å². The lowest BCUT2D eigenvalue weighted by molar-refractivity contribution is 0.205. The van der Waals surface area contributed by atoms with E-state index in [-0.39, 0.29) is 12.2 Å². The molecule has 6 rings (SSSR count). The highest BCUT2D eigenvalue weighted by Gasteiger charge is 2.28. The second-order valence-electron chi connectivity index (χ2n) is 8.53. The fourth-order valence-corrected chi connectivity index (χ4v) is 4.59. The van der Waals surface area contributed by atoms with Gasteiger partial charge in [0.05, 0.1) is 11.4 Å². The van der Waals surface area contributed by atoms with Crippen molar-refractivity contribution in [3.05, 3.63) is 131 Å². The summed E-state index contributed by atoms with van der Waals surface area (Å²) in [4.78, 5) is 0. The van der Waals surface area contributed by atoms with Crippen molar-refractivity contribution < 1.29 is 9.47 Å². The quantitative estimate of drug-likeness (QED) is 0.322. The van der Waals surface area contributed by atoms with Crippen LogP contribution in [0.15, 0.2) is 119 Å². The van der Waals surface area contributed by atoms with Gasteiger partial charge in [-0.05, 0) is 35.4 Å². The minimum atomic E-state index is -0.0888. The van der Waals surface area contributed by atoms with Crippen molar-refractivity contribution in [3.63, 3.8) is 0 Å². The first-order valence-corrected chi connectivity index (χ1v) is 11.6. The van der Waals surface area contributed by atoms with Crippen LogP contribution < -0.4 is 9.47 Å². The molecule has 2 atom stereocenters. The minimum Gasteiger partial charge on any atom is -0.485 e. The Labute approximate surface area is 199 Å². The molecule has 2 aliphatic heterocycles. The molecule has 0 saturated heterocycles. The highest BCUT2D eigenvalue weighted by molar-refractivity contribution is 6.07. The third kappa shape index (κ3) is 3.99. The number of ether oxygens (including phenoxy) is 2. The zero-order valence-electron chi connectivity index (χ0n) is 18.7. The molecule has 166 valence electrons. The number of nitrogens with zero attached hydrogens (tertiary/aromatic N) is 2. The van der Waals surface area contributed by atoms with Gasteiger partial charge in [0.1, 0.15) is 23.7 Å². The van der Waals surface area contributed by atoms with Crippen LogP contribution >= 0.6 is 0 Å². The van der Waals surface area contributed by atoms with E-state index in [1.165, 1.54) is 0 Å². The number of para-hydroxylation sites is 2. The predicted octanol–water partition coefficient (Wildman–Crippen LogP) is 6.93. The van der Waals surface area contributed by atoms with Gasteiger partial charge in [0, 0.05) is 24.0 Å². The minimum absolute atomic E-state index is 0.0888. The largest absolute Gasteiger partial charge is 0.485 e. The van der Waals surface area contributed by atoms with E-state index < -0.39 is 0 Å². The molecule has 0 amide bonds. The van der Waals surface area contributed by atoms with E-state index in [0.717, 1.165) is 45.2 Å². The van der Waals surface area contributed by atoms with Crippen molar-refractivity contribution in [2.24, 2.45) is 10.2 Å². The van der Waals surface area contributed by atoms with E-state index in [1.807, 2.05) is 72.8 Å². The molecule has 4 nitrogen and oxygen atoms in total. The Hall–Kier alpha value is -4.18. The SMILES string of the molecule is c1ccc([C@H]2C/C(=N/N=C3/C[C@H](c4ccccc4)Oc4ccccc43)c3ccccc3O2)cc1. The Bertz CT molecular complexity index is 1260. The van der Waals surface area contributed by atoms with Gasteiger partial charge in [-0.3, -0.25) is 0 Å². The third-order valence-corrected chi connectivity index (χ3v) is 6.33. The smallest absolute Gasteiger partial charge is 0.129 e. The Morgan fingerprint density at radius 3 is 1.29 bits per heavy atom. The summed E-state index contributed by atoms with van der Waals surface area (Å²) in [6.45, 7) is 0. The zero-order chi connectivity index (χ0) is 22.7. The van der Waals surface area contributed by atoms with Crippen LogP contribution in [0.3, 0.4) is 0 Å². The first-order chi connectivity index (χ1) is 16.8. The molecule has 34 heavy (non-hydrogen) atoms. The second-order valence-corrected chi connectivity index (χ2v) is 8.53. The summed E-state index contributed by atoms with van der Waals surface area (Å²) in [7, 11) is 0. The fourth-order valence-electron chi connectivity index (χ4n) is 4.59. The van der Waals surface area contributed by atoms with Crippen LogP contribution in [0.25, 0.3) is 0 Å². The molecule has 0 N–H and O–H groups in total. The summed E-state index contributed by atoms with van der Waals surface area (Å²) in [5, 5.41) is 9.64. The summed E-state index contributed by atoms with van der Waals surface area (Å²) < 4.78 is 12.6. The van der Waals surface area contributed by atoms with E-state index in [4.69, 9.17) is 19.7 Å². The zero-order valence-corrected chi connectivity index (χ0v) is 18.7. The molecule has 0 spiro atoms. The van der Waals surface area contributed by atoms with Gasteiger partial charge in [-0.2, -0.15) is 10.2 Å². The maximum atomic E-state index is 6.32. The van der Waals surface area contributed by atoms with Crippen LogP contribution in [0.4, 0.5) is 0 Å². The molecule has 0 unspecified atom stereocenters. The van der Waals surface area contributed by atoms with Crippen LogP contribution in [0.5, 0.6) is 11.5 Å². The summed E-state index contributed by atoms with van der Waals surface area (Å²) >= 11 is 0. The number of fused-ring (bicyclic) bond motifs is 2. The molecule has 0 aliphatic carbocycles. The highest BCUT2D eigenvalue weighted by atomic mass is 16.5. The van der Waals surface area contributed by atoms with Gasteiger partial charge in [-0.15, -0.1) is 0 Å². The maximum absolute atomic E-state index is 6.32. The van der Waals surface area contributed by atoms with Gasteiger partial charge < -0.3 is 9.47 Å². The standard InChI is InChI=1S/C30H24N2O2/c1-3-11-21(12-4-1)29-19-25(23-15-7-9-17-27(23)33-29)31-32-26-20-30(22-13-5-2-6-14-22)34-28-18-10-8-16-24(26)28/h1-18,29-30H,19-20H2/b31-25-,32-26-/t29-,30-/m1/s1. The van der Waals surface area contributed by atoms with Gasteiger partial charge in [0.15, 0.2) is 0 Å². The summed E-state index contributed by atoms with van der Waals surface area (Å²) in [5.41, 5.74) is 6.14. The number of hydrogen-bond acceptors (Lipinski definition) is 4. The topological polar surface area (TPSA) is 43.2 Å². The molecule has 0 radical (unpaired) electrons. The average molecular weight is 445 g/mol. The van der Waals surface area contributed by atoms with Crippen molar-refractivity contribution in [2.75, 3.05) is 0 Å². The summed E-state index contributed by atoms with van der Waals surface area (Å²) in [6, 6.07) is 36.7. The van der Waals surface area contributed by atoms with Crippen molar-refractivity contribution in [2.45, 2.75) is 25.0 Å². The number of rotatable bonds is 3. The van der Waals surface area contributed by atoms with Gasteiger partial charge in [-0.25, -0.2) is 0 Å². The van der Waals surface area contributed by atoms with E-state index in [1.54, 1.807) is 0 Å². The Kier molecular flexibility index (Phi) is 5.40.